The van der Waals surface area contributed by atoms with Crippen LogP contribution in [0.15, 0.2) is 16.9 Å². The molecule has 1 fully saturated rings. The van der Waals surface area contributed by atoms with Gasteiger partial charge in [0.2, 0.25) is 5.91 Å². The highest BCUT2D eigenvalue weighted by atomic mass is 16.5. The zero-order valence-electron chi connectivity index (χ0n) is 13.5. The molecule has 7 heteroatoms. The Kier molecular flexibility index (Phi) is 4.76. The molecular formula is C16H22N4O3. The van der Waals surface area contributed by atoms with E-state index in [0.717, 1.165) is 37.3 Å². The van der Waals surface area contributed by atoms with Gasteiger partial charge in [-0.05, 0) is 33.1 Å². The number of hydrogen-bond donors (Lipinski definition) is 1. The van der Waals surface area contributed by atoms with Gasteiger partial charge in [-0.1, -0.05) is 5.16 Å². The average Bonchev–Trinajstić information content (AvgIpc) is 3.09. The van der Waals surface area contributed by atoms with Crippen LogP contribution in [-0.2, 0) is 22.5 Å². The van der Waals surface area contributed by atoms with Gasteiger partial charge in [0.25, 0.3) is 0 Å². The van der Waals surface area contributed by atoms with Crippen LogP contribution in [0.1, 0.15) is 36.3 Å². The standard InChI is InChI=1S/C16H22N4O3/c1-11-15(12(2)23-19-11)7-16(21)18-13-8-17-20(9-13)10-14-5-3-4-6-22-14/h8-9,14H,3-7,10H2,1-2H3,(H,18,21)/t14-/m0/s1. The lowest BCUT2D eigenvalue weighted by atomic mass is 10.1. The molecule has 0 aliphatic carbocycles. The number of aryl methyl sites for hydroxylation is 2. The average molecular weight is 318 g/mol. The summed E-state index contributed by atoms with van der Waals surface area (Å²) in [7, 11) is 0. The normalized spacial score (nSPS) is 18.1. The first-order chi connectivity index (χ1) is 11.1. The van der Waals surface area contributed by atoms with Gasteiger partial charge >= 0.3 is 0 Å². The topological polar surface area (TPSA) is 82.2 Å². The van der Waals surface area contributed by atoms with Crippen LogP contribution in [0.4, 0.5) is 5.69 Å². The molecule has 1 saturated heterocycles. The van der Waals surface area contributed by atoms with E-state index >= 15 is 0 Å². The lowest BCUT2D eigenvalue weighted by Crippen LogP contribution is -2.24. The molecule has 0 unspecified atom stereocenters. The molecule has 0 saturated carbocycles. The van der Waals surface area contributed by atoms with Gasteiger partial charge in [0.1, 0.15) is 5.76 Å². The minimum absolute atomic E-state index is 0.104. The van der Waals surface area contributed by atoms with Crippen LogP contribution in [0.2, 0.25) is 0 Å². The number of carbonyl (C=O) groups excluding carboxylic acids is 1. The smallest absolute Gasteiger partial charge is 0.229 e. The monoisotopic (exact) mass is 318 g/mol. The fraction of sp³-hybridized carbons (Fsp3) is 0.562. The minimum atomic E-state index is -0.104. The lowest BCUT2D eigenvalue weighted by Gasteiger charge is -2.22. The molecule has 0 bridgehead atoms. The van der Waals surface area contributed by atoms with Crippen molar-refractivity contribution in [2.45, 2.75) is 52.2 Å². The van der Waals surface area contributed by atoms with Crippen molar-refractivity contribution in [3.63, 3.8) is 0 Å². The number of nitrogens with zero attached hydrogens (tertiary/aromatic N) is 3. The largest absolute Gasteiger partial charge is 0.376 e. The van der Waals surface area contributed by atoms with Gasteiger partial charge in [0.15, 0.2) is 0 Å². The summed E-state index contributed by atoms with van der Waals surface area (Å²) >= 11 is 0. The molecule has 1 aliphatic heterocycles. The first kappa shape index (κ1) is 15.7. The van der Waals surface area contributed by atoms with E-state index in [0.29, 0.717) is 11.4 Å². The van der Waals surface area contributed by atoms with Crippen molar-refractivity contribution >= 4 is 11.6 Å². The van der Waals surface area contributed by atoms with Crippen molar-refractivity contribution in [1.82, 2.24) is 14.9 Å². The van der Waals surface area contributed by atoms with Crippen LogP contribution in [0.3, 0.4) is 0 Å². The van der Waals surface area contributed by atoms with Crippen molar-refractivity contribution in [2.24, 2.45) is 0 Å². The number of anilines is 1. The Morgan fingerprint density at radius 1 is 1.43 bits per heavy atom. The molecule has 2 aromatic rings. The maximum Gasteiger partial charge on any atom is 0.229 e. The number of carbonyl (C=O) groups is 1. The molecule has 1 amide bonds. The van der Waals surface area contributed by atoms with Gasteiger partial charge in [-0.15, -0.1) is 0 Å². The summed E-state index contributed by atoms with van der Waals surface area (Å²) in [6.45, 7) is 5.19. The Bertz CT molecular complexity index is 651. The number of nitrogens with one attached hydrogen (secondary N) is 1. The van der Waals surface area contributed by atoms with Crippen molar-refractivity contribution in [2.75, 3.05) is 11.9 Å². The second-order valence-electron chi connectivity index (χ2n) is 5.97. The second-order valence-corrected chi connectivity index (χ2v) is 5.97. The van der Waals surface area contributed by atoms with Gasteiger partial charge in [-0.2, -0.15) is 5.10 Å². The predicted molar refractivity (Wildman–Crippen MR) is 84.1 cm³/mol. The summed E-state index contributed by atoms with van der Waals surface area (Å²) in [6.07, 6.45) is 7.36. The van der Waals surface area contributed by atoms with Gasteiger partial charge in [-0.3, -0.25) is 9.48 Å². The zero-order chi connectivity index (χ0) is 16.2. The number of rotatable bonds is 5. The minimum Gasteiger partial charge on any atom is -0.376 e. The number of ether oxygens (including phenoxy) is 1. The van der Waals surface area contributed by atoms with Crippen LogP contribution < -0.4 is 5.32 Å². The van der Waals surface area contributed by atoms with Crippen molar-refractivity contribution < 1.29 is 14.1 Å². The Labute approximate surface area is 135 Å². The van der Waals surface area contributed by atoms with Crippen molar-refractivity contribution in [1.29, 1.82) is 0 Å². The molecule has 23 heavy (non-hydrogen) atoms. The van der Waals surface area contributed by atoms with Crippen LogP contribution in [0, 0.1) is 13.8 Å². The molecule has 124 valence electrons. The van der Waals surface area contributed by atoms with E-state index in [-0.39, 0.29) is 18.4 Å². The first-order valence-electron chi connectivity index (χ1n) is 7.97. The fourth-order valence-electron chi connectivity index (χ4n) is 2.81. The molecular weight excluding hydrogens is 296 g/mol. The molecule has 1 aliphatic rings. The third kappa shape index (κ3) is 3.98. The molecule has 3 heterocycles. The quantitative estimate of drug-likeness (QED) is 0.914. The highest BCUT2D eigenvalue weighted by Gasteiger charge is 2.16. The van der Waals surface area contributed by atoms with Crippen molar-refractivity contribution in [3.8, 4) is 0 Å². The zero-order valence-corrected chi connectivity index (χ0v) is 13.5. The predicted octanol–water partition coefficient (Wildman–Crippen LogP) is 2.24. The molecule has 3 rings (SSSR count). The highest BCUT2D eigenvalue weighted by Crippen LogP contribution is 2.16. The number of aromatic nitrogens is 3. The number of hydrogen-bond acceptors (Lipinski definition) is 5. The second kappa shape index (κ2) is 6.95. The molecule has 0 spiro atoms. The lowest BCUT2D eigenvalue weighted by molar-refractivity contribution is -0.115. The highest BCUT2D eigenvalue weighted by molar-refractivity contribution is 5.92. The Hall–Kier alpha value is -2.15. The van der Waals surface area contributed by atoms with E-state index in [1.54, 1.807) is 6.20 Å². The summed E-state index contributed by atoms with van der Waals surface area (Å²) in [5, 5.41) is 11.0. The van der Waals surface area contributed by atoms with Crippen LogP contribution >= 0.6 is 0 Å². The SMILES string of the molecule is Cc1noc(C)c1CC(=O)Nc1cnn(C[C@@H]2CCCCO2)c1. The molecule has 2 aromatic heterocycles. The molecule has 7 nitrogen and oxygen atoms in total. The molecule has 0 aromatic carbocycles. The fourth-order valence-corrected chi connectivity index (χ4v) is 2.81. The number of amides is 1. The Morgan fingerprint density at radius 3 is 3.00 bits per heavy atom. The van der Waals surface area contributed by atoms with E-state index in [2.05, 4.69) is 15.6 Å². The maximum atomic E-state index is 12.1. The molecule has 1 atom stereocenters. The summed E-state index contributed by atoms with van der Waals surface area (Å²) in [4.78, 5) is 12.1. The van der Waals surface area contributed by atoms with E-state index < -0.39 is 0 Å². The van der Waals surface area contributed by atoms with E-state index in [1.807, 2.05) is 24.7 Å². The van der Waals surface area contributed by atoms with Crippen LogP contribution in [0.25, 0.3) is 0 Å². The van der Waals surface area contributed by atoms with E-state index in [4.69, 9.17) is 9.26 Å². The summed E-state index contributed by atoms with van der Waals surface area (Å²) in [5.74, 6) is 0.579. The van der Waals surface area contributed by atoms with Crippen LogP contribution in [-0.4, -0.2) is 33.6 Å². The van der Waals surface area contributed by atoms with Gasteiger partial charge < -0.3 is 14.6 Å². The molecule has 0 radical (unpaired) electrons. The Balaban J connectivity index is 1.55. The van der Waals surface area contributed by atoms with E-state index in [1.165, 1.54) is 6.42 Å². The summed E-state index contributed by atoms with van der Waals surface area (Å²) in [5.41, 5.74) is 2.28. The third-order valence-electron chi connectivity index (χ3n) is 4.10. The first-order valence-corrected chi connectivity index (χ1v) is 7.97. The van der Waals surface area contributed by atoms with Crippen molar-refractivity contribution in [3.05, 3.63) is 29.4 Å². The van der Waals surface area contributed by atoms with Crippen LogP contribution in [0.5, 0.6) is 0 Å². The molecule has 1 N–H and O–H groups in total. The van der Waals surface area contributed by atoms with E-state index in [9.17, 15) is 4.79 Å². The van der Waals surface area contributed by atoms with Gasteiger partial charge in [0.05, 0.1) is 36.6 Å². The summed E-state index contributed by atoms with van der Waals surface area (Å²) in [6, 6.07) is 0. The maximum absolute atomic E-state index is 12.1. The Morgan fingerprint density at radius 2 is 2.30 bits per heavy atom. The van der Waals surface area contributed by atoms with Gasteiger partial charge in [-0.25, -0.2) is 0 Å². The van der Waals surface area contributed by atoms with Gasteiger partial charge in [0, 0.05) is 18.4 Å². The summed E-state index contributed by atoms with van der Waals surface area (Å²) < 4.78 is 12.6. The third-order valence-corrected chi connectivity index (χ3v) is 4.10.